The fourth-order valence-corrected chi connectivity index (χ4v) is 6.75. The largest absolute Gasteiger partial charge is 0.461 e. The van der Waals surface area contributed by atoms with Crippen LogP contribution in [0.3, 0.4) is 0 Å². The van der Waals surface area contributed by atoms with Gasteiger partial charge in [-0.05, 0) is 67.7 Å². The van der Waals surface area contributed by atoms with Crippen LogP contribution in [0.4, 0.5) is 5.69 Å². The molecule has 0 radical (unpaired) electrons. The lowest BCUT2D eigenvalue weighted by Gasteiger charge is -2.20. The van der Waals surface area contributed by atoms with Gasteiger partial charge in [0.05, 0.1) is 16.8 Å². The summed E-state index contributed by atoms with van der Waals surface area (Å²) < 4.78 is 33.9. The summed E-state index contributed by atoms with van der Waals surface area (Å²) in [6, 6.07) is 30.7. The highest BCUT2D eigenvalue weighted by Crippen LogP contribution is 2.41. The number of nitrogens with zero attached hydrogens (tertiary/aromatic N) is 4. The second-order valence-corrected chi connectivity index (χ2v) is 13.0. The van der Waals surface area contributed by atoms with Crippen LogP contribution in [-0.2, 0) is 14.8 Å². The van der Waals surface area contributed by atoms with Gasteiger partial charge in [0.1, 0.15) is 23.2 Å². The van der Waals surface area contributed by atoms with Crippen molar-refractivity contribution in [3.8, 4) is 28.3 Å². The highest BCUT2D eigenvalue weighted by atomic mass is 32.2. The number of hydrogen-bond donors (Lipinski definition) is 1. The molecule has 2 heterocycles. The van der Waals surface area contributed by atoms with Crippen molar-refractivity contribution < 1.29 is 17.9 Å². The number of hydrogen-bond acceptors (Lipinski definition) is 7. The van der Waals surface area contributed by atoms with Crippen LogP contribution in [0.1, 0.15) is 15.9 Å². The van der Waals surface area contributed by atoms with Crippen molar-refractivity contribution >= 4 is 43.6 Å². The number of aromatic nitrogens is 2. The number of pyridine rings is 1. The molecule has 0 fully saturated rings. The number of sulfonamides is 1. The number of rotatable bonds is 9. The molecular weight excluding hydrogens is 598 g/mol. The standard InChI is InChI=1S/C36H31N5O4S/c1-40(2)19-20-45-36(42)26-15-13-24(14-16-26)30-23-38-35-34(33(30)25-9-5-4-6-10-25)29-21-28(17-18-31(29)39-35)41(3)46(43,44)32-12-8-7-11-27(32)22-37/h4-18,21,23H,19-20H2,1-3H3,(H,38,39). The van der Waals surface area contributed by atoms with Gasteiger partial charge in [-0.3, -0.25) is 4.31 Å². The Kier molecular flexibility index (Phi) is 8.28. The van der Waals surface area contributed by atoms with E-state index in [9.17, 15) is 18.5 Å². The van der Waals surface area contributed by atoms with E-state index >= 15 is 0 Å². The zero-order chi connectivity index (χ0) is 32.4. The number of fused-ring (bicyclic) bond motifs is 3. The SMILES string of the molecule is CN(C)CCOC(=O)c1ccc(-c2cnc3[nH]c4ccc(N(C)S(=O)(=O)c5ccccc5C#N)cc4c3c2-c2ccccc2)cc1. The van der Waals surface area contributed by atoms with Gasteiger partial charge in [0.2, 0.25) is 0 Å². The molecule has 230 valence electrons. The number of ether oxygens (including phenoxy) is 1. The van der Waals surface area contributed by atoms with Crippen molar-refractivity contribution in [1.29, 1.82) is 5.26 Å². The number of aromatic amines is 1. The number of carbonyl (C=O) groups is 1. The third-order valence-corrected chi connectivity index (χ3v) is 9.72. The van der Waals surface area contributed by atoms with Crippen molar-refractivity contribution in [2.75, 3.05) is 38.6 Å². The lowest BCUT2D eigenvalue weighted by atomic mass is 9.92. The summed E-state index contributed by atoms with van der Waals surface area (Å²) in [4.78, 5) is 22.7. The van der Waals surface area contributed by atoms with Gasteiger partial charge in [-0.2, -0.15) is 5.26 Å². The maximum atomic E-state index is 13.7. The van der Waals surface area contributed by atoms with Crippen molar-refractivity contribution in [3.05, 3.63) is 114 Å². The Balaban J connectivity index is 1.48. The number of nitrogens with one attached hydrogen (secondary N) is 1. The lowest BCUT2D eigenvalue weighted by Crippen LogP contribution is -2.27. The molecule has 10 heteroatoms. The van der Waals surface area contributed by atoms with E-state index in [1.54, 1.807) is 36.5 Å². The molecule has 2 aromatic heterocycles. The smallest absolute Gasteiger partial charge is 0.338 e. The quantitative estimate of drug-likeness (QED) is 0.182. The van der Waals surface area contributed by atoms with Gasteiger partial charge in [-0.15, -0.1) is 0 Å². The Morgan fingerprint density at radius 1 is 0.913 bits per heavy atom. The molecule has 0 bridgehead atoms. The van der Waals surface area contributed by atoms with E-state index in [2.05, 4.69) is 4.98 Å². The molecule has 6 rings (SSSR count). The fourth-order valence-electron chi connectivity index (χ4n) is 5.42. The summed E-state index contributed by atoms with van der Waals surface area (Å²) in [5, 5.41) is 11.2. The summed E-state index contributed by atoms with van der Waals surface area (Å²) in [6.45, 7) is 0.938. The number of anilines is 1. The zero-order valence-corrected chi connectivity index (χ0v) is 26.4. The van der Waals surface area contributed by atoms with E-state index < -0.39 is 10.0 Å². The van der Waals surface area contributed by atoms with E-state index in [1.165, 1.54) is 23.5 Å². The third kappa shape index (κ3) is 5.70. The molecule has 0 unspecified atom stereocenters. The van der Waals surface area contributed by atoms with Crippen molar-refractivity contribution in [3.63, 3.8) is 0 Å². The van der Waals surface area contributed by atoms with Crippen LogP contribution in [-0.4, -0.2) is 63.5 Å². The molecule has 6 aromatic rings. The molecule has 0 aliphatic carbocycles. The van der Waals surface area contributed by atoms with Crippen molar-refractivity contribution in [1.82, 2.24) is 14.9 Å². The van der Waals surface area contributed by atoms with E-state index in [4.69, 9.17) is 9.72 Å². The van der Waals surface area contributed by atoms with E-state index in [0.29, 0.717) is 30.0 Å². The maximum Gasteiger partial charge on any atom is 0.338 e. The third-order valence-electron chi connectivity index (χ3n) is 7.88. The van der Waals surface area contributed by atoms with Gasteiger partial charge in [-0.1, -0.05) is 54.6 Å². The average molecular weight is 630 g/mol. The summed E-state index contributed by atoms with van der Waals surface area (Å²) in [7, 11) is 1.29. The fraction of sp³-hybridized carbons (Fsp3) is 0.139. The van der Waals surface area contributed by atoms with Crippen LogP contribution < -0.4 is 4.31 Å². The topological polar surface area (TPSA) is 119 Å². The first-order valence-electron chi connectivity index (χ1n) is 14.6. The minimum atomic E-state index is -4.03. The molecule has 0 aliphatic heterocycles. The number of likely N-dealkylation sites (N-methyl/N-ethyl adjacent to an activating group) is 1. The second kappa shape index (κ2) is 12.5. The minimum Gasteiger partial charge on any atom is -0.461 e. The Hall–Kier alpha value is -5.50. The van der Waals surface area contributed by atoms with Crippen molar-refractivity contribution in [2.24, 2.45) is 0 Å². The van der Waals surface area contributed by atoms with Crippen LogP contribution in [0.15, 0.2) is 108 Å². The molecular formula is C36H31N5O4S. The Bertz CT molecular complexity index is 2220. The number of H-pyrrole nitrogens is 1. The predicted molar refractivity (Wildman–Crippen MR) is 180 cm³/mol. The van der Waals surface area contributed by atoms with Crippen LogP contribution >= 0.6 is 0 Å². The monoisotopic (exact) mass is 629 g/mol. The summed E-state index contributed by atoms with van der Waals surface area (Å²) in [5.41, 5.74) is 5.98. The summed E-state index contributed by atoms with van der Waals surface area (Å²) in [5.74, 6) is -0.383. The molecule has 1 N–H and O–H groups in total. The molecule has 0 aliphatic rings. The van der Waals surface area contributed by atoms with E-state index in [0.717, 1.165) is 38.5 Å². The Morgan fingerprint density at radius 2 is 1.63 bits per heavy atom. The lowest BCUT2D eigenvalue weighted by molar-refractivity contribution is 0.0482. The van der Waals surface area contributed by atoms with E-state index in [-0.39, 0.29) is 16.4 Å². The molecule has 0 amide bonds. The predicted octanol–water partition coefficient (Wildman–Crippen LogP) is 6.47. The first-order valence-corrected chi connectivity index (χ1v) is 16.0. The van der Waals surface area contributed by atoms with Gasteiger partial charge in [0, 0.05) is 47.2 Å². The van der Waals surface area contributed by atoms with Crippen molar-refractivity contribution in [2.45, 2.75) is 4.90 Å². The Morgan fingerprint density at radius 3 is 2.35 bits per heavy atom. The second-order valence-electron chi connectivity index (χ2n) is 11.1. The van der Waals surface area contributed by atoms with E-state index in [1.807, 2.05) is 79.7 Å². The van der Waals surface area contributed by atoms with Gasteiger partial charge >= 0.3 is 5.97 Å². The minimum absolute atomic E-state index is 0.0574. The molecule has 0 saturated heterocycles. The first-order chi connectivity index (χ1) is 22.2. The normalized spacial score (nSPS) is 11.5. The molecule has 0 spiro atoms. The number of carbonyl (C=O) groups excluding carboxylic acids is 1. The van der Waals surface area contributed by atoms with Gasteiger partial charge < -0.3 is 14.6 Å². The van der Waals surface area contributed by atoms with Crippen LogP contribution in [0, 0.1) is 11.3 Å². The Labute approximate surface area is 267 Å². The van der Waals surface area contributed by atoms with Crippen LogP contribution in [0.2, 0.25) is 0 Å². The zero-order valence-electron chi connectivity index (χ0n) is 25.6. The highest BCUT2D eigenvalue weighted by Gasteiger charge is 2.25. The number of esters is 1. The van der Waals surface area contributed by atoms with Crippen LogP contribution in [0.5, 0.6) is 0 Å². The maximum absolute atomic E-state index is 13.7. The van der Waals surface area contributed by atoms with Crippen LogP contribution in [0.25, 0.3) is 44.2 Å². The average Bonchev–Trinajstić information content (AvgIpc) is 3.45. The van der Waals surface area contributed by atoms with Gasteiger partial charge in [0.25, 0.3) is 10.0 Å². The molecule has 0 atom stereocenters. The molecule has 9 nitrogen and oxygen atoms in total. The van der Waals surface area contributed by atoms with Gasteiger partial charge in [0.15, 0.2) is 0 Å². The summed E-state index contributed by atoms with van der Waals surface area (Å²) >= 11 is 0. The molecule has 4 aromatic carbocycles. The number of nitriles is 1. The first kappa shape index (κ1) is 30.5. The number of benzene rings is 4. The summed E-state index contributed by atoms with van der Waals surface area (Å²) in [6.07, 6.45) is 1.81. The van der Waals surface area contributed by atoms with Gasteiger partial charge in [-0.25, -0.2) is 18.2 Å². The molecule has 46 heavy (non-hydrogen) atoms. The highest BCUT2D eigenvalue weighted by molar-refractivity contribution is 7.92. The molecule has 0 saturated carbocycles.